The van der Waals surface area contributed by atoms with Crippen molar-refractivity contribution < 1.29 is 0 Å². The molecule has 10 aromatic carbocycles. The van der Waals surface area contributed by atoms with Gasteiger partial charge in [0.1, 0.15) is 0 Å². The van der Waals surface area contributed by atoms with Crippen LogP contribution in [0.3, 0.4) is 0 Å². The monoisotopic (exact) mass is 764 g/mol. The Kier molecular flexibility index (Phi) is 8.87. The second-order valence-electron chi connectivity index (χ2n) is 15.3. The number of nitrogens with zero attached hydrogens (tertiary/aromatic N) is 2. The fourth-order valence-electron chi connectivity index (χ4n) is 8.99. The van der Waals surface area contributed by atoms with Crippen molar-refractivity contribution in [3.05, 3.63) is 243 Å². The molecule has 0 aliphatic heterocycles. The lowest BCUT2D eigenvalue weighted by molar-refractivity contribution is 1.17. The smallest absolute Gasteiger partial charge is 0.0546 e. The lowest BCUT2D eigenvalue weighted by atomic mass is 9.87. The minimum absolute atomic E-state index is 1.07. The third-order valence-electron chi connectivity index (χ3n) is 11.8. The maximum Gasteiger partial charge on any atom is 0.0546 e. The minimum Gasteiger partial charge on any atom is -0.310 e. The predicted octanol–water partition coefficient (Wildman–Crippen LogP) is 16.1. The molecule has 0 atom stereocenters. The average molecular weight is 765 g/mol. The Morgan fingerprint density at radius 1 is 0.300 bits per heavy atom. The first-order valence-electron chi connectivity index (χ1n) is 20.6. The molecule has 0 spiro atoms. The van der Waals surface area contributed by atoms with Crippen LogP contribution in [-0.4, -0.2) is 4.57 Å². The molecule has 0 radical (unpaired) electrons. The summed E-state index contributed by atoms with van der Waals surface area (Å²) in [4.78, 5) is 2.43. The van der Waals surface area contributed by atoms with Crippen molar-refractivity contribution in [3.8, 4) is 50.2 Å². The summed E-state index contributed by atoms with van der Waals surface area (Å²) < 4.78 is 2.38. The fourth-order valence-corrected chi connectivity index (χ4v) is 8.99. The number of fused-ring (bicyclic) bond motifs is 4. The molecule has 60 heavy (non-hydrogen) atoms. The Labute approximate surface area is 350 Å². The van der Waals surface area contributed by atoms with Crippen molar-refractivity contribution in [3.63, 3.8) is 0 Å². The van der Waals surface area contributed by atoms with E-state index in [1.165, 1.54) is 77.1 Å². The van der Waals surface area contributed by atoms with Crippen LogP contribution >= 0.6 is 0 Å². The lowest BCUT2D eigenvalue weighted by Gasteiger charge is -2.30. The molecule has 0 N–H and O–H groups in total. The number of rotatable bonds is 8. The molecule has 2 heteroatoms. The van der Waals surface area contributed by atoms with Crippen molar-refractivity contribution >= 4 is 49.6 Å². The van der Waals surface area contributed by atoms with Crippen LogP contribution in [0.15, 0.2) is 243 Å². The van der Waals surface area contributed by atoms with Gasteiger partial charge in [0.2, 0.25) is 0 Å². The molecule has 11 rings (SSSR count). The van der Waals surface area contributed by atoms with Crippen LogP contribution < -0.4 is 4.90 Å². The largest absolute Gasteiger partial charge is 0.310 e. The quantitative estimate of drug-likeness (QED) is 0.150. The molecule has 0 aliphatic rings. The summed E-state index contributed by atoms with van der Waals surface area (Å²) in [5, 5.41) is 4.99. The maximum atomic E-state index is 2.43. The molecule has 0 amide bonds. The maximum absolute atomic E-state index is 2.43. The summed E-state index contributed by atoms with van der Waals surface area (Å²) >= 11 is 0. The highest BCUT2D eigenvalue weighted by Gasteiger charge is 2.23. The third kappa shape index (κ3) is 6.23. The van der Waals surface area contributed by atoms with Gasteiger partial charge in [-0.25, -0.2) is 0 Å². The van der Waals surface area contributed by atoms with Crippen LogP contribution in [0.5, 0.6) is 0 Å². The Hall–Kier alpha value is -7.94. The SMILES string of the molecule is c1ccc(-c2ccccc2-c2c(-c3ccccc3)cccc2N(c2ccc(-c3ccc4ccccc4c3)cc2)c2ccc(-n3c4ccccc4c4ccccc43)cc2)cc1. The fraction of sp³-hybridized carbons (Fsp3) is 0. The van der Waals surface area contributed by atoms with Crippen LogP contribution in [0.25, 0.3) is 82.8 Å². The van der Waals surface area contributed by atoms with E-state index in [9.17, 15) is 0 Å². The number of hydrogen-bond donors (Lipinski definition) is 0. The van der Waals surface area contributed by atoms with E-state index < -0.39 is 0 Å². The number of benzene rings is 10. The van der Waals surface area contributed by atoms with E-state index >= 15 is 0 Å². The molecule has 0 bridgehead atoms. The highest BCUT2D eigenvalue weighted by atomic mass is 15.1. The zero-order chi connectivity index (χ0) is 39.8. The van der Waals surface area contributed by atoms with E-state index in [0.29, 0.717) is 0 Å². The number of aromatic nitrogens is 1. The molecule has 0 fully saturated rings. The molecule has 0 unspecified atom stereocenters. The van der Waals surface area contributed by atoms with E-state index in [1.54, 1.807) is 0 Å². The van der Waals surface area contributed by atoms with Gasteiger partial charge in [0.05, 0.1) is 16.7 Å². The topological polar surface area (TPSA) is 8.17 Å². The van der Waals surface area contributed by atoms with Crippen molar-refractivity contribution in [1.29, 1.82) is 0 Å². The van der Waals surface area contributed by atoms with Crippen LogP contribution in [0, 0.1) is 0 Å². The summed E-state index contributed by atoms with van der Waals surface area (Å²) in [5.41, 5.74) is 16.2. The molecule has 0 aliphatic carbocycles. The molecule has 282 valence electrons. The lowest BCUT2D eigenvalue weighted by Crippen LogP contribution is -2.12. The van der Waals surface area contributed by atoms with Gasteiger partial charge in [-0.1, -0.05) is 182 Å². The van der Waals surface area contributed by atoms with Crippen LogP contribution in [0.4, 0.5) is 17.1 Å². The van der Waals surface area contributed by atoms with Gasteiger partial charge in [0.25, 0.3) is 0 Å². The van der Waals surface area contributed by atoms with Gasteiger partial charge in [0, 0.05) is 33.4 Å². The van der Waals surface area contributed by atoms with E-state index in [2.05, 4.69) is 252 Å². The van der Waals surface area contributed by atoms with Crippen LogP contribution in [0.1, 0.15) is 0 Å². The van der Waals surface area contributed by atoms with Gasteiger partial charge in [-0.05, 0) is 110 Å². The van der Waals surface area contributed by atoms with Gasteiger partial charge >= 0.3 is 0 Å². The first kappa shape index (κ1) is 35.2. The Morgan fingerprint density at radius 2 is 0.800 bits per heavy atom. The standard InChI is InChI=1S/C58H40N2/c1-3-17-43(18-4-1)50-22-9-10-25-54(50)58-51(44-19-5-2-6-20-44)26-15-29-57(58)59(47-34-32-42(33-35-47)46-31-30-41-16-7-8-21-45(41)40-46)48-36-38-49(39-37-48)60-55-27-13-11-23-52(55)53-24-12-14-28-56(53)60/h1-40H. The van der Waals surface area contributed by atoms with E-state index in [-0.39, 0.29) is 0 Å². The van der Waals surface area contributed by atoms with Gasteiger partial charge in [-0.3, -0.25) is 0 Å². The molecule has 11 aromatic rings. The van der Waals surface area contributed by atoms with Gasteiger partial charge in [-0.2, -0.15) is 0 Å². The molecule has 0 saturated heterocycles. The summed E-state index contributed by atoms with van der Waals surface area (Å²) in [6, 6.07) is 88.0. The number of anilines is 3. The van der Waals surface area contributed by atoms with Crippen LogP contribution in [0.2, 0.25) is 0 Å². The van der Waals surface area contributed by atoms with E-state index in [1.807, 2.05) is 0 Å². The minimum atomic E-state index is 1.07. The average Bonchev–Trinajstić information content (AvgIpc) is 3.67. The summed E-state index contributed by atoms with van der Waals surface area (Å²) in [6.45, 7) is 0. The summed E-state index contributed by atoms with van der Waals surface area (Å²) in [5.74, 6) is 0. The molecule has 1 aromatic heterocycles. The molecular formula is C58H40N2. The summed E-state index contributed by atoms with van der Waals surface area (Å²) in [6.07, 6.45) is 0. The van der Waals surface area contributed by atoms with Gasteiger partial charge in [-0.15, -0.1) is 0 Å². The molecule has 0 saturated carbocycles. The third-order valence-corrected chi connectivity index (χ3v) is 11.8. The van der Waals surface area contributed by atoms with E-state index in [0.717, 1.165) is 22.7 Å². The molecule has 1 heterocycles. The Balaban J connectivity index is 1.13. The van der Waals surface area contributed by atoms with Gasteiger partial charge in [0.15, 0.2) is 0 Å². The zero-order valence-corrected chi connectivity index (χ0v) is 33.0. The molecule has 2 nitrogen and oxygen atoms in total. The second-order valence-corrected chi connectivity index (χ2v) is 15.3. The zero-order valence-electron chi connectivity index (χ0n) is 33.0. The highest BCUT2D eigenvalue weighted by Crippen LogP contribution is 2.48. The van der Waals surface area contributed by atoms with Crippen molar-refractivity contribution in [1.82, 2.24) is 4.57 Å². The summed E-state index contributed by atoms with van der Waals surface area (Å²) in [7, 11) is 0. The predicted molar refractivity (Wildman–Crippen MR) is 255 cm³/mol. The Bertz CT molecular complexity index is 3240. The van der Waals surface area contributed by atoms with Crippen molar-refractivity contribution in [2.24, 2.45) is 0 Å². The first-order chi connectivity index (χ1) is 29.8. The van der Waals surface area contributed by atoms with E-state index in [4.69, 9.17) is 0 Å². The molecular weight excluding hydrogens is 725 g/mol. The number of hydrogen-bond acceptors (Lipinski definition) is 1. The second kappa shape index (κ2) is 15.1. The van der Waals surface area contributed by atoms with Crippen molar-refractivity contribution in [2.75, 3.05) is 4.90 Å². The first-order valence-corrected chi connectivity index (χ1v) is 20.6. The van der Waals surface area contributed by atoms with Crippen molar-refractivity contribution in [2.45, 2.75) is 0 Å². The highest BCUT2D eigenvalue weighted by molar-refractivity contribution is 6.09. The Morgan fingerprint density at radius 3 is 1.47 bits per heavy atom. The normalized spacial score (nSPS) is 11.3. The number of para-hydroxylation sites is 2. The van der Waals surface area contributed by atoms with Crippen LogP contribution in [-0.2, 0) is 0 Å². The van der Waals surface area contributed by atoms with Gasteiger partial charge < -0.3 is 9.47 Å².